The van der Waals surface area contributed by atoms with Gasteiger partial charge < -0.3 is 19.3 Å². The van der Waals surface area contributed by atoms with E-state index in [9.17, 15) is 0 Å². The van der Waals surface area contributed by atoms with Gasteiger partial charge in [-0.15, -0.1) is 4.98 Å². The van der Waals surface area contributed by atoms with E-state index in [1.165, 1.54) is 22.3 Å². The van der Waals surface area contributed by atoms with Crippen molar-refractivity contribution >= 4 is 51.4 Å². The molecule has 0 aliphatic heterocycles. The molecule has 0 aliphatic carbocycles. The van der Waals surface area contributed by atoms with Gasteiger partial charge in [0.25, 0.3) is 0 Å². The van der Waals surface area contributed by atoms with Crippen LogP contribution in [0.1, 0.15) is 33.4 Å². The summed E-state index contributed by atoms with van der Waals surface area (Å²) in [5.74, 6) is 1.41. The molecule has 0 radical (unpaired) electrons. The first kappa shape index (κ1) is 42.1. The lowest BCUT2D eigenvalue weighted by Crippen LogP contribution is -2.15. The van der Waals surface area contributed by atoms with Crippen molar-refractivity contribution in [3.8, 4) is 23.5 Å². The Morgan fingerprint density at radius 2 is 0.538 bits per heavy atom. The maximum atomic E-state index is 6.65. The van der Waals surface area contributed by atoms with Crippen molar-refractivity contribution in [1.29, 1.82) is 0 Å². The van der Waals surface area contributed by atoms with Crippen molar-refractivity contribution in [3.05, 3.63) is 228 Å². The van der Waals surface area contributed by atoms with Crippen LogP contribution < -0.4 is 24.2 Å². The van der Waals surface area contributed by atoms with E-state index >= 15 is 0 Å². The molecule has 9 aromatic rings. The highest BCUT2D eigenvalue weighted by atomic mass is 16.5. The zero-order valence-corrected chi connectivity index (χ0v) is 37.5. The first-order valence-corrected chi connectivity index (χ1v) is 21.7. The van der Waals surface area contributed by atoms with Crippen LogP contribution in [0.5, 0.6) is 23.5 Å². The quantitative estimate of drug-likeness (QED) is 0.114. The second-order valence-corrected chi connectivity index (χ2v) is 16.4. The molecule has 0 aliphatic rings. The fourth-order valence-electron chi connectivity index (χ4n) is 7.54. The van der Waals surface area contributed by atoms with Crippen molar-refractivity contribution in [2.24, 2.45) is 0 Å². The van der Waals surface area contributed by atoms with Gasteiger partial charge in [-0.2, -0.15) is 9.97 Å². The number of benzene rings is 8. The molecule has 0 unspecified atom stereocenters. The minimum Gasteiger partial charge on any atom is -0.424 e. The summed E-state index contributed by atoms with van der Waals surface area (Å²) >= 11 is 0. The minimum atomic E-state index is 0.0701. The Kier molecular flexibility index (Phi) is 12.1. The molecule has 8 nitrogen and oxygen atoms in total. The van der Waals surface area contributed by atoms with Crippen molar-refractivity contribution in [2.75, 3.05) is 14.7 Å². The standard InChI is InChI=1S/C57H50N6O2/c1-39-13-25-45(26-14-39)61(46-27-15-40(2)16-28-46)51-9-7-11-53(37-51)64-56-58-55(63(49-33-21-43(5)22-34-49)50-35-23-44(6)24-36-50)59-57(60-56)65-54-12-8-10-52(38-54)62(47-29-17-41(3)18-30-47)48-31-19-42(4)20-32-48/h7-38H,1-6H3. The van der Waals surface area contributed by atoms with Crippen LogP contribution in [0, 0.1) is 41.5 Å². The van der Waals surface area contributed by atoms with Crippen LogP contribution in [0.2, 0.25) is 0 Å². The molecule has 0 spiro atoms. The Hall–Kier alpha value is -8.23. The van der Waals surface area contributed by atoms with E-state index in [0.29, 0.717) is 17.4 Å². The van der Waals surface area contributed by atoms with Gasteiger partial charge in [-0.25, -0.2) is 0 Å². The molecule has 9 rings (SSSR count). The maximum absolute atomic E-state index is 6.65. The van der Waals surface area contributed by atoms with Crippen molar-refractivity contribution in [2.45, 2.75) is 41.5 Å². The molecule has 1 heterocycles. The SMILES string of the molecule is Cc1ccc(N(c2ccc(C)cc2)c2cccc(Oc3nc(Oc4cccc(N(c5ccc(C)cc5)c5ccc(C)cc5)c4)nc(N(c4ccc(C)cc4)c4ccc(C)cc4)n3)c2)cc1. The van der Waals surface area contributed by atoms with Crippen LogP contribution in [0.4, 0.5) is 51.4 Å². The molecular formula is C57H50N6O2. The van der Waals surface area contributed by atoms with E-state index < -0.39 is 0 Å². The van der Waals surface area contributed by atoms with Gasteiger partial charge in [0, 0.05) is 57.6 Å². The van der Waals surface area contributed by atoms with Gasteiger partial charge in [-0.3, -0.25) is 4.90 Å². The second kappa shape index (κ2) is 18.6. The van der Waals surface area contributed by atoms with Crippen LogP contribution in [0.25, 0.3) is 0 Å². The Morgan fingerprint density at radius 3 is 0.815 bits per heavy atom. The Balaban J connectivity index is 1.14. The number of ether oxygens (including phenoxy) is 2. The van der Waals surface area contributed by atoms with E-state index in [1.807, 2.05) is 41.3 Å². The van der Waals surface area contributed by atoms with Gasteiger partial charge in [0.05, 0.1) is 0 Å². The lowest BCUT2D eigenvalue weighted by Gasteiger charge is -2.26. The largest absolute Gasteiger partial charge is 0.424 e. The molecule has 0 bridgehead atoms. The van der Waals surface area contributed by atoms with Crippen LogP contribution in [-0.4, -0.2) is 15.0 Å². The average Bonchev–Trinajstić information content (AvgIpc) is 3.31. The molecule has 1 aromatic heterocycles. The highest BCUT2D eigenvalue weighted by molar-refractivity contribution is 5.79. The summed E-state index contributed by atoms with van der Waals surface area (Å²) in [5.41, 5.74) is 14.6. The van der Waals surface area contributed by atoms with E-state index in [4.69, 9.17) is 24.4 Å². The smallest absolute Gasteiger partial charge is 0.330 e. The second-order valence-electron chi connectivity index (χ2n) is 16.4. The van der Waals surface area contributed by atoms with Gasteiger partial charge in [0.1, 0.15) is 11.5 Å². The predicted molar refractivity (Wildman–Crippen MR) is 265 cm³/mol. The molecular weight excluding hydrogens is 801 g/mol. The third kappa shape index (κ3) is 9.88. The summed E-state index contributed by atoms with van der Waals surface area (Å²) in [6, 6.07) is 66.6. The average molecular weight is 851 g/mol. The van der Waals surface area contributed by atoms with Crippen LogP contribution in [-0.2, 0) is 0 Å². The number of nitrogens with zero attached hydrogens (tertiary/aromatic N) is 6. The predicted octanol–water partition coefficient (Wildman–Crippen LogP) is 15.7. The summed E-state index contributed by atoms with van der Waals surface area (Å²) in [7, 11) is 0. The third-order valence-corrected chi connectivity index (χ3v) is 11.1. The monoisotopic (exact) mass is 850 g/mol. The van der Waals surface area contributed by atoms with Crippen LogP contribution in [0.15, 0.2) is 194 Å². The highest BCUT2D eigenvalue weighted by Crippen LogP contribution is 2.40. The summed E-state index contributed by atoms with van der Waals surface area (Å²) < 4.78 is 13.3. The zero-order chi connectivity index (χ0) is 44.9. The van der Waals surface area contributed by atoms with Crippen LogP contribution in [0.3, 0.4) is 0 Å². The van der Waals surface area contributed by atoms with Crippen LogP contribution >= 0.6 is 0 Å². The number of hydrogen-bond donors (Lipinski definition) is 0. The van der Waals surface area contributed by atoms with Gasteiger partial charge >= 0.3 is 12.0 Å². The molecule has 0 saturated carbocycles. The van der Waals surface area contributed by atoms with Gasteiger partial charge in [0.15, 0.2) is 0 Å². The molecule has 8 heteroatoms. The lowest BCUT2D eigenvalue weighted by atomic mass is 10.1. The van der Waals surface area contributed by atoms with Gasteiger partial charge in [0.2, 0.25) is 5.95 Å². The van der Waals surface area contributed by atoms with Gasteiger partial charge in [-0.05, 0) is 139 Å². The van der Waals surface area contributed by atoms with E-state index in [1.54, 1.807) is 0 Å². The number of aromatic nitrogens is 3. The maximum Gasteiger partial charge on any atom is 0.330 e. The number of hydrogen-bond acceptors (Lipinski definition) is 8. The molecule has 0 atom stereocenters. The molecule has 65 heavy (non-hydrogen) atoms. The fraction of sp³-hybridized carbons (Fsp3) is 0.105. The Bertz CT molecular complexity index is 2730. The first-order chi connectivity index (χ1) is 31.6. The van der Waals surface area contributed by atoms with Crippen molar-refractivity contribution in [1.82, 2.24) is 15.0 Å². The van der Waals surface area contributed by atoms with Crippen molar-refractivity contribution < 1.29 is 9.47 Å². The Labute approximate surface area is 381 Å². The Morgan fingerprint density at radius 1 is 0.277 bits per heavy atom. The summed E-state index contributed by atoms with van der Waals surface area (Å²) in [4.78, 5) is 21.2. The normalized spacial score (nSPS) is 10.9. The summed E-state index contributed by atoms with van der Waals surface area (Å²) in [6.07, 6.45) is 0. The summed E-state index contributed by atoms with van der Waals surface area (Å²) in [6.45, 7) is 12.5. The zero-order valence-electron chi connectivity index (χ0n) is 37.5. The van der Waals surface area contributed by atoms with Crippen molar-refractivity contribution in [3.63, 3.8) is 0 Å². The first-order valence-electron chi connectivity index (χ1n) is 21.7. The molecule has 0 saturated heterocycles. The lowest BCUT2D eigenvalue weighted by molar-refractivity contribution is 0.398. The number of anilines is 9. The number of aryl methyl sites for hydroxylation is 6. The van der Waals surface area contributed by atoms with Gasteiger partial charge in [-0.1, -0.05) is 118 Å². The molecule has 0 amide bonds. The molecule has 0 fully saturated rings. The van der Waals surface area contributed by atoms with E-state index in [-0.39, 0.29) is 12.0 Å². The fourth-order valence-corrected chi connectivity index (χ4v) is 7.54. The minimum absolute atomic E-state index is 0.0701. The molecule has 320 valence electrons. The highest BCUT2D eigenvalue weighted by Gasteiger charge is 2.22. The number of rotatable bonds is 13. The third-order valence-electron chi connectivity index (χ3n) is 11.1. The molecule has 0 N–H and O–H groups in total. The topological polar surface area (TPSA) is 66.9 Å². The van der Waals surface area contributed by atoms with E-state index in [2.05, 4.69) is 209 Å². The molecule has 8 aromatic carbocycles. The summed E-state index contributed by atoms with van der Waals surface area (Å²) in [5, 5.41) is 0. The van der Waals surface area contributed by atoms with E-state index in [0.717, 1.165) is 56.6 Å².